The monoisotopic (exact) mass is 1070 g/mol. The van der Waals surface area contributed by atoms with Gasteiger partial charge in [0.15, 0.2) is 45.9 Å². The molecule has 0 aliphatic carbocycles. The molecule has 0 bridgehead atoms. The van der Waals surface area contributed by atoms with Gasteiger partial charge in [-0.25, -0.2) is 32.5 Å². The summed E-state index contributed by atoms with van der Waals surface area (Å²) in [6.07, 6.45) is 6.82. The molecule has 408 valence electrons. The third kappa shape index (κ3) is 15.5. The van der Waals surface area contributed by atoms with Crippen LogP contribution in [-0.2, 0) is 26.0 Å². The summed E-state index contributed by atoms with van der Waals surface area (Å²) in [6, 6.07) is 18.5. The molecule has 0 saturated carbocycles. The molecule has 76 heavy (non-hydrogen) atoms. The molecule has 3 aromatic carbocycles. The third-order valence-corrected chi connectivity index (χ3v) is 12.9. The fraction of sp³-hybridized carbons (Fsp3) is 0.407. The summed E-state index contributed by atoms with van der Waals surface area (Å²) in [6.45, 7) is 12.2. The molecule has 2 aliphatic heterocycles. The molecule has 17 nitrogen and oxygen atoms in total. The van der Waals surface area contributed by atoms with Gasteiger partial charge in [-0.15, -0.1) is 0 Å². The lowest BCUT2D eigenvalue weighted by Crippen LogP contribution is -2.42. The van der Waals surface area contributed by atoms with Crippen molar-refractivity contribution in [2.45, 2.75) is 83.8 Å². The number of benzene rings is 3. The van der Waals surface area contributed by atoms with Gasteiger partial charge < -0.3 is 40.0 Å². The highest BCUT2D eigenvalue weighted by atomic mass is 32.2. The highest BCUT2D eigenvalue weighted by molar-refractivity contribution is 7.84. The summed E-state index contributed by atoms with van der Waals surface area (Å²) in [5, 5.41) is 7.78. The van der Waals surface area contributed by atoms with E-state index in [0.29, 0.717) is 66.8 Å². The topological polar surface area (TPSA) is 194 Å². The van der Waals surface area contributed by atoms with E-state index in [-0.39, 0.29) is 64.9 Å². The molecular weight excluding hydrogens is 1010 g/mol. The van der Waals surface area contributed by atoms with Crippen LogP contribution in [0.3, 0.4) is 0 Å². The highest BCUT2D eigenvalue weighted by Gasteiger charge is 2.23. The maximum absolute atomic E-state index is 14.2. The number of nitrogens with two attached hydrogens (primary N) is 1. The number of nitrogens with zero attached hydrogens (tertiary/aromatic N) is 8. The molecular formula is C54H66F4N10O7S. The van der Waals surface area contributed by atoms with Gasteiger partial charge in [-0.05, 0) is 79.5 Å². The lowest BCUT2D eigenvalue weighted by molar-refractivity contribution is 0.0866. The first-order valence-corrected chi connectivity index (χ1v) is 25.9. The van der Waals surface area contributed by atoms with Crippen molar-refractivity contribution in [3.05, 3.63) is 141 Å². The fourth-order valence-electron chi connectivity index (χ4n) is 8.16. The van der Waals surface area contributed by atoms with Crippen LogP contribution in [0.15, 0.2) is 106 Å². The molecule has 9 rings (SSSR count). The Labute approximate surface area is 441 Å². The summed E-state index contributed by atoms with van der Waals surface area (Å²) in [4.78, 5) is 44.5. The Hall–Kier alpha value is -7.01. The maximum Gasteiger partial charge on any atom is 0.313 e. The van der Waals surface area contributed by atoms with Gasteiger partial charge >= 0.3 is 11.1 Å². The quantitative estimate of drug-likeness (QED) is 0.0730. The first-order chi connectivity index (χ1) is 35.9. The van der Waals surface area contributed by atoms with E-state index in [2.05, 4.69) is 25.3 Å². The summed E-state index contributed by atoms with van der Waals surface area (Å²) >= 11 is 0. The Balaban J connectivity index is 0.000000216. The Morgan fingerprint density at radius 2 is 1.16 bits per heavy atom. The number of hydrogen-bond acceptors (Lipinski definition) is 15. The van der Waals surface area contributed by atoms with E-state index in [1.807, 2.05) is 58.0 Å². The Bertz CT molecular complexity index is 3190. The molecule has 0 spiro atoms. The zero-order chi connectivity index (χ0) is 53.8. The molecule has 6 heterocycles. The largest absolute Gasteiger partial charge is 0.448 e. The summed E-state index contributed by atoms with van der Waals surface area (Å²) < 4.78 is 92.1. The molecule has 22 heteroatoms. The van der Waals surface area contributed by atoms with Crippen LogP contribution in [0.1, 0.15) is 66.4 Å². The fourth-order valence-corrected chi connectivity index (χ4v) is 9.14. The van der Waals surface area contributed by atoms with Gasteiger partial charge in [0.2, 0.25) is 11.1 Å². The van der Waals surface area contributed by atoms with Crippen LogP contribution in [0.2, 0.25) is 0 Å². The lowest BCUT2D eigenvalue weighted by atomic mass is 10.1. The SMILES string of the molecule is C.CC(C)CN(C)n1c(=O)c(Oc2ccc(F)cc2F)cc2cnc(NC3CCOCC3)nc21.CC(C)CN(C)n1c(=O)c(Oc2ccc(F)cc2F)cc2cnc(S(=O)Cc3ccccc3)nc21.NC1CCOCC1. The van der Waals surface area contributed by atoms with Crippen LogP contribution >= 0.6 is 0 Å². The van der Waals surface area contributed by atoms with E-state index in [4.69, 9.17) is 24.7 Å². The zero-order valence-electron chi connectivity index (χ0n) is 42.7. The predicted molar refractivity (Wildman–Crippen MR) is 287 cm³/mol. The minimum atomic E-state index is -1.54. The van der Waals surface area contributed by atoms with Gasteiger partial charge in [0.25, 0.3) is 0 Å². The van der Waals surface area contributed by atoms with Crippen LogP contribution in [0.5, 0.6) is 23.0 Å². The molecule has 1 unspecified atom stereocenters. The van der Waals surface area contributed by atoms with E-state index < -0.39 is 45.2 Å². The number of anilines is 1. The first-order valence-electron chi connectivity index (χ1n) is 24.6. The van der Waals surface area contributed by atoms with E-state index in [1.165, 1.54) is 27.7 Å². The van der Waals surface area contributed by atoms with Crippen LogP contribution in [0.4, 0.5) is 23.5 Å². The van der Waals surface area contributed by atoms with E-state index in [0.717, 1.165) is 68.7 Å². The average molecular weight is 1080 g/mol. The van der Waals surface area contributed by atoms with Crippen LogP contribution in [0.25, 0.3) is 22.1 Å². The van der Waals surface area contributed by atoms with Crippen LogP contribution in [0, 0.1) is 35.1 Å². The zero-order valence-corrected chi connectivity index (χ0v) is 43.5. The van der Waals surface area contributed by atoms with Gasteiger partial charge in [0.1, 0.15) is 11.6 Å². The van der Waals surface area contributed by atoms with Crippen molar-refractivity contribution in [2.75, 3.05) is 68.9 Å². The number of ether oxygens (including phenoxy) is 4. The van der Waals surface area contributed by atoms with Crippen LogP contribution in [-0.4, -0.2) is 99.2 Å². The summed E-state index contributed by atoms with van der Waals surface area (Å²) in [7, 11) is 1.94. The number of hydrogen-bond donors (Lipinski definition) is 2. The summed E-state index contributed by atoms with van der Waals surface area (Å²) in [5.41, 5.74) is 5.97. The van der Waals surface area contributed by atoms with Crippen molar-refractivity contribution in [3.8, 4) is 23.0 Å². The molecule has 0 amide bonds. The lowest BCUT2D eigenvalue weighted by Gasteiger charge is -2.26. The standard InChI is InChI=1S/C25H24F2N4O3S.C23H27F2N5O3.C5H11NO.CH4/c1-16(2)14-30(3)31-23-18(11-22(24(31)32)34-21-10-9-19(26)12-20(21)27)13-28-25(29-23)35(33)15-17-7-5-4-6-8-17;1-14(2)13-29(3)30-21-15(12-26-23(28-21)27-17-6-8-32-9-7-17)10-20(22(30)31)33-19-5-4-16(24)11-18(19)25;6-5-1-3-7-4-2-5;/h4-13,16H,14-15H2,1-3H3;4-5,10-12,14,17H,6-9,13H2,1-3H3,(H,26,27,28);5H,1-4,6H2;1H4. The molecule has 4 aromatic heterocycles. The van der Waals surface area contributed by atoms with E-state index in [1.54, 1.807) is 30.3 Å². The maximum atomic E-state index is 14.2. The van der Waals surface area contributed by atoms with Crippen molar-refractivity contribution < 1.29 is 40.7 Å². The second-order valence-corrected chi connectivity index (χ2v) is 20.3. The van der Waals surface area contributed by atoms with Gasteiger partial charge in [-0.3, -0.25) is 13.8 Å². The second kappa shape index (κ2) is 27.2. The molecule has 7 aromatic rings. The predicted octanol–water partition coefficient (Wildman–Crippen LogP) is 8.83. The van der Waals surface area contributed by atoms with E-state index >= 15 is 0 Å². The number of nitrogens with one attached hydrogen (secondary N) is 1. The number of aromatic nitrogens is 6. The van der Waals surface area contributed by atoms with Crippen LogP contribution < -0.4 is 41.7 Å². The number of fused-ring (bicyclic) bond motifs is 2. The number of pyridine rings is 2. The molecule has 2 saturated heterocycles. The Morgan fingerprint density at radius 3 is 1.62 bits per heavy atom. The van der Waals surface area contributed by atoms with Gasteiger partial charge in [0, 0.05) is 101 Å². The number of halogens is 4. The average Bonchev–Trinajstić information content (AvgIpc) is 3.37. The smallest absolute Gasteiger partial charge is 0.313 e. The van der Waals surface area contributed by atoms with Crippen molar-refractivity contribution in [1.29, 1.82) is 0 Å². The number of rotatable bonds is 15. The first kappa shape index (κ1) is 58.3. The minimum Gasteiger partial charge on any atom is -0.448 e. The van der Waals surface area contributed by atoms with Crippen molar-refractivity contribution in [2.24, 2.45) is 17.6 Å². The van der Waals surface area contributed by atoms with Gasteiger partial charge in [0.05, 0.1) is 16.6 Å². The van der Waals surface area contributed by atoms with E-state index in [9.17, 15) is 31.4 Å². The summed E-state index contributed by atoms with van der Waals surface area (Å²) in [5.74, 6) is -3.05. The normalized spacial score (nSPS) is 14.3. The molecule has 2 aliphatic rings. The molecule has 0 radical (unpaired) electrons. The molecule has 1 atom stereocenters. The third-order valence-electron chi connectivity index (χ3n) is 11.7. The van der Waals surface area contributed by atoms with Crippen molar-refractivity contribution in [1.82, 2.24) is 29.3 Å². The molecule has 2 fully saturated rings. The van der Waals surface area contributed by atoms with Crippen molar-refractivity contribution in [3.63, 3.8) is 0 Å². The Morgan fingerprint density at radius 1 is 0.684 bits per heavy atom. The highest BCUT2D eigenvalue weighted by Crippen LogP contribution is 2.28. The molecule has 3 N–H and O–H groups in total. The van der Waals surface area contributed by atoms with Gasteiger partial charge in [-0.2, -0.15) is 14.3 Å². The van der Waals surface area contributed by atoms with Crippen molar-refractivity contribution >= 4 is 38.8 Å². The minimum absolute atomic E-state index is 0. The van der Waals surface area contributed by atoms with Gasteiger partial charge in [-0.1, -0.05) is 65.5 Å². The Kier molecular flexibility index (Phi) is 20.8. The second-order valence-electron chi connectivity index (χ2n) is 18.9.